The predicted octanol–water partition coefficient (Wildman–Crippen LogP) is 4.76. The normalized spacial score (nSPS) is 11.1. The number of nitrogens with zero attached hydrogens (tertiary/aromatic N) is 2. The summed E-state index contributed by atoms with van der Waals surface area (Å²) in [4.78, 5) is 9.27. The van der Waals surface area contributed by atoms with E-state index in [1.807, 2.05) is 25.1 Å². The Balaban J connectivity index is 2.12. The average molecular weight is 270 g/mol. The maximum absolute atomic E-state index is 4.67. The van der Waals surface area contributed by atoms with Crippen LogP contribution < -0.4 is 0 Å². The van der Waals surface area contributed by atoms with Crippen LogP contribution >= 0.6 is 0 Å². The molecule has 2 nitrogen and oxygen atoms in total. The molecule has 0 saturated heterocycles. The van der Waals surface area contributed by atoms with Crippen LogP contribution in [0.5, 0.6) is 0 Å². The van der Waals surface area contributed by atoms with Gasteiger partial charge in [-0.1, -0.05) is 54.6 Å². The highest BCUT2D eigenvalue weighted by atomic mass is 14.9. The Labute approximate surface area is 123 Å². The van der Waals surface area contributed by atoms with Crippen LogP contribution in [0.15, 0.2) is 66.7 Å². The van der Waals surface area contributed by atoms with E-state index in [1.165, 1.54) is 10.8 Å². The van der Waals surface area contributed by atoms with Crippen molar-refractivity contribution in [2.75, 3.05) is 0 Å². The Kier molecular flexibility index (Phi) is 2.68. The molecule has 2 heteroatoms. The van der Waals surface area contributed by atoms with E-state index in [4.69, 9.17) is 0 Å². The van der Waals surface area contributed by atoms with Gasteiger partial charge in [0.25, 0.3) is 0 Å². The van der Waals surface area contributed by atoms with Crippen LogP contribution in [0.25, 0.3) is 32.9 Å². The van der Waals surface area contributed by atoms with E-state index in [9.17, 15) is 0 Å². The lowest BCUT2D eigenvalue weighted by atomic mass is 10.0. The van der Waals surface area contributed by atoms with Crippen LogP contribution in [0, 0.1) is 6.92 Å². The van der Waals surface area contributed by atoms with Crippen molar-refractivity contribution in [1.29, 1.82) is 0 Å². The molecule has 100 valence electrons. The second-order valence-corrected chi connectivity index (χ2v) is 5.20. The summed E-state index contributed by atoms with van der Waals surface area (Å²) < 4.78 is 0. The Bertz CT molecular complexity index is 943. The molecule has 0 atom stereocenters. The van der Waals surface area contributed by atoms with Gasteiger partial charge >= 0.3 is 0 Å². The SMILES string of the molecule is Cc1nc(-c2ccccc2)c2cc3ccccc3cc2n1. The van der Waals surface area contributed by atoms with E-state index < -0.39 is 0 Å². The molecule has 0 unspecified atom stereocenters. The van der Waals surface area contributed by atoms with Gasteiger partial charge < -0.3 is 0 Å². The van der Waals surface area contributed by atoms with E-state index in [-0.39, 0.29) is 0 Å². The molecule has 21 heavy (non-hydrogen) atoms. The first kappa shape index (κ1) is 12.0. The Hall–Kier alpha value is -2.74. The van der Waals surface area contributed by atoms with Crippen molar-refractivity contribution in [1.82, 2.24) is 9.97 Å². The molecule has 0 saturated carbocycles. The predicted molar refractivity (Wildman–Crippen MR) is 87.2 cm³/mol. The molecule has 0 amide bonds. The van der Waals surface area contributed by atoms with Crippen molar-refractivity contribution in [3.63, 3.8) is 0 Å². The number of hydrogen-bond acceptors (Lipinski definition) is 2. The number of benzene rings is 3. The molecule has 3 aromatic carbocycles. The third-order valence-electron chi connectivity index (χ3n) is 3.72. The number of rotatable bonds is 1. The largest absolute Gasteiger partial charge is 0.233 e. The molecule has 1 aromatic heterocycles. The third-order valence-corrected chi connectivity index (χ3v) is 3.72. The minimum absolute atomic E-state index is 0.802. The number of fused-ring (bicyclic) bond motifs is 2. The molecule has 0 aliphatic carbocycles. The fraction of sp³-hybridized carbons (Fsp3) is 0.0526. The molecule has 4 rings (SSSR count). The van der Waals surface area contributed by atoms with Crippen LogP contribution in [0.1, 0.15) is 5.82 Å². The number of aromatic nitrogens is 2. The van der Waals surface area contributed by atoms with Crippen LogP contribution in [0.4, 0.5) is 0 Å². The standard InChI is InChI=1S/C19H14N2/c1-13-20-18-12-16-10-6-5-9-15(16)11-17(18)19(21-13)14-7-3-2-4-8-14/h2-12H,1H3. The van der Waals surface area contributed by atoms with Gasteiger partial charge in [0, 0.05) is 10.9 Å². The fourth-order valence-electron chi connectivity index (χ4n) is 2.75. The summed E-state index contributed by atoms with van der Waals surface area (Å²) in [5, 5.41) is 3.53. The monoisotopic (exact) mass is 270 g/mol. The van der Waals surface area contributed by atoms with E-state index in [2.05, 4.69) is 58.5 Å². The van der Waals surface area contributed by atoms with Gasteiger partial charge in [0.15, 0.2) is 0 Å². The van der Waals surface area contributed by atoms with Gasteiger partial charge in [-0.2, -0.15) is 0 Å². The van der Waals surface area contributed by atoms with Gasteiger partial charge in [0.1, 0.15) is 5.82 Å². The summed E-state index contributed by atoms with van der Waals surface area (Å²) in [6.07, 6.45) is 0. The van der Waals surface area contributed by atoms with Crippen molar-refractivity contribution in [2.45, 2.75) is 6.92 Å². The molecular weight excluding hydrogens is 256 g/mol. The summed E-state index contributed by atoms with van der Waals surface area (Å²) in [6, 6.07) is 23.0. The first-order chi connectivity index (χ1) is 10.3. The Morgan fingerprint density at radius 2 is 1.38 bits per heavy atom. The molecule has 1 heterocycles. The van der Waals surface area contributed by atoms with Crippen LogP contribution in [0.3, 0.4) is 0 Å². The van der Waals surface area contributed by atoms with Crippen LogP contribution in [-0.2, 0) is 0 Å². The summed E-state index contributed by atoms with van der Waals surface area (Å²) in [5.41, 5.74) is 3.13. The third kappa shape index (κ3) is 2.05. The van der Waals surface area contributed by atoms with Gasteiger partial charge in [0.05, 0.1) is 11.2 Å². The molecule has 0 spiro atoms. The minimum Gasteiger partial charge on any atom is -0.233 e. The number of aryl methyl sites for hydroxylation is 1. The lowest BCUT2D eigenvalue weighted by Gasteiger charge is -2.08. The summed E-state index contributed by atoms with van der Waals surface area (Å²) in [5.74, 6) is 0.802. The van der Waals surface area contributed by atoms with Crippen molar-refractivity contribution in [3.8, 4) is 11.3 Å². The maximum Gasteiger partial charge on any atom is 0.126 e. The van der Waals surface area contributed by atoms with E-state index in [0.29, 0.717) is 0 Å². The second kappa shape index (κ2) is 4.67. The quantitative estimate of drug-likeness (QED) is 0.466. The van der Waals surface area contributed by atoms with Crippen molar-refractivity contribution >= 4 is 21.7 Å². The zero-order valence-corrected chi connectivity index (χ0v) is 11.7. The van der Waals surface area contributed by atoms with Gasteiger partial charge in [-0.15, -0.1) is 0 Å². The topological polar surface area (TPSA) is 25.8 Å². The maximum atomic E-state index is 4.67. The summed E-state index contributed by atoms with van der Waals surface area (Å²) in [6.45, 7) is 1.95. The molecule has 0 radical (unpaired) electrons. The lowest BCUT2D eigenvalue weighted by molar-refractivity contribution is 1.10. The van der Waals surface area contributed by atoms with Crippen molar-refractivity contribution in [3.05, 3.63) is 72.6 Å². The van der Waals surface area contributed by atoms with Crippen LogP contribution in [-0.4, -0.2) is 9.97 Å². The molecule has 4 aromatic rings. The van der Waals surface area contributed by atoms with E-state index in [1.54, 1.807) is 0 Å². The van der Waals surface area contributed by atoms with Gasteiger partial charge in [-0.05, 0) is 29.8 Å². The zero-order chi connectivity index (χ0) is 14.2. The molecular formula is C19H14N2. The van der Waals surface area contributed by atoms with Crippen molar-refractivity contribution < 1.29 is 0 Å². The van der Waals surface area contributed by atoms with E-state index >= 15 is 0 Å². The van der Waals surface area contributed by atoms with E-state index in [0.717, 1.165) is 28.0 Å². The van der Waals surface area contributed by atoms with Crippen LogP contribution in [0.2, 0.25) is 0 Å². The highest BCUT2D eigenvalue weighted by molar-refractivity contribution is 6.02. The summed E-state index contributed by atoms with van der Waals surface area (Å²) >= 11 is 0. The highest BCUT2D eigenvalue weighted by Crippen LogP contribution is 2.29. The molecule has 0 N–H and O–H groups in total. The molecule has 0 fully saturated rings. The zero-order valence-electron chi connectivity index (χ0n) is 11.7. The first-order valence-electron chi connectivity index (χ1n) is 7.04. The minimum atomic E-state index is 0.802. The first-order valence-corrected chi connectivity index (χ1v) is 7.04. The Morgan fingerprint density at radius 3 is 2.14 bits per heavy atom. The highest BCUT2D eigenvalue weighted by Gasteiger charge is 2.09. The molecule has 0 aliphatic heterocycles. The fourth-order valence-corrected chi connectivity index (χ4v) is 2.75. The summed E-state index contributed by atoms with van der Waals surface area (Å²) in [7, 11) is 0. The average Bonchev–Trinajstić information content (AvgIpc) is 2.53. The molecule has 0 aliphatic rings. The smallest absolute Gasteiger partial charge is 0.126 e. The molecule has 0 bridgehead atoms. The second-order valence-electron chi connectivity index (χ2n) is 5.20. The van der Waals surface area contributed by atoms with Gasteiger partial charge in [0.2, 0.25) is 0 Å². The lowest BCUT2D eigenvalue weighted by Crippen LogP contribution is -1.94. The Morgan fingerprint density at radius 1 is 0.714 bits per heavy atom. The van der Waals surface area contributed by atoms with Gasteiger partial charge in [-0.25, -0.2) is 9.97 Å². The van der Waals surface area contributed by atoms with Gasteiger partial charge in [-0.3, -0.25) is 0 Å². The number of hydrogen-bond donors (Lipinski definition) is 0. The van der Waals surface area contributed by atoms with Crippen molar-refractivity contribution in [2.24, 2.45) is 0 Å².